The number of benzene rings is 1. The molecule has 0 unspecified atom stereocenters. The predicted octanol–water partition coefficient (Wildman–Crippen LogP) is 2.60. The standard InChI is InChI=1S/C22H20FN7O2/c1-29-17(12-5-7-32-8-6-12)9-16(28-29)14-11-30(20-13(10-24)3-2-4-15(20)23)22(31)18-19(14)26-27-21(18)25/h2-4,9,11-12H,5-8H2,1H3,(H3,25,26,27). The lowest BCUT2D eigenvalue weighted by Gasteiger charge is -2.21. The van der Waals surface area contributed by atoms with Gasteiger partial charge in [-0.1, -0.05) is 6.07 Å². The summed E-state index contributed by atoms with van der Waals surface area (Å²) >= 11 is 0. The van der Waals surface area contributed by atoms with Crippen molar-refractivity contribution in [2.45, 2.75) is 18.8 Å². The van der Waals surface area contributed by atoms with Crippen LogP contribution in [0.25, 0.3) is 27.8 Å². The van der Waals surface area contributed by atoms with Gasteiger partial charge in [0.1, 0.15) is 23.0 Å². The smallest absolute Gasteiger partial charge is 0.268 e. The van der Waals surface area contributed by atoms with Crippen molar-refractivity contribution in [1.82, 2.24) is 24.5 Å². The highest BCUT2D eigenvalue weighted by molar-refractivity contribution is 5.97. The Kier molecular flexibility index (Phi) is 4.75. The minimum absolute atomic E-state index is 0.00368. The van der Waals surface area contributed by atoms with Gasteiger partial charge in [0.05, 0.1) is 16.8 Å². The van der Waals surface area contributed by atoms with E-state index in [1.165, 1.54) is 24.4 Å². The third-order valence-corrected chi connectivity index (χ3v) is 5.93. The monoisotopic (exact) mass is 433 g/mol. The number of ether oxygens (including phenoxy) is 1. The lowest BCUT2D eigenvalue weighted by molar-refractivity contribution is 0.0837. The molecule has 0 bridgehead atoms. The van der Waals surface area contributed by atoms with Gasteiger partial charge in [0.2, 0.25) is 0 Å². The van der Waals surface area contributed by atoms with Crippen LogP contribution < -0.4 is 11.3 Å². The summed E-state index contributed by atoms with van der Waals surface area (Å²) in [6.07, 6.45) is 3.27. The minimum Gasteiger partial charge on any atom is -0.382 e. The number of rotatable bonds is 3. The molecule has 162 valence electrons. The van der Waals surface area contributed by atoms with Gasteiger partial charge >= 0.3 is 0 Å². The Balaban J connectivity index is 1.77. The van der Waals surface area contributed by atoms with Crippen LogP contribution in [0.15, 0.2) is 35.3 Å². The highest BCUT2D eigenvalue weighted by atomic mass is 19.1. The Bertz CT molecular complexity index is 1440. The summed E-state index contributed by atoms with van der Waals surface area (Å²) in [5.41, 5.74) is 7.88. The maximum atomic E-state index is 14.8. The van der Waals surface area contributed by atoms with Crippen molar-refractivity contribution in [2.75, 3.05) is 18.9 Å². The summed E-state index contributed by atoms with van der Waals surface area (Å²) in [7, 11) is 1.87. The van der Waals surface area contributed by atoms with Gasteiger partial charge in [-0.15, -0.1) is 0 Å². The van der Waals surface area contributed by atoms with Crippen LogP contribution in [0, 0.1) is 17.1 Å². The summed E-state index contributed by atoms with van der Waals surface area (Å²) in [5.74, 6) is -0.390. The number of nitrogens with one attached hydrogen (secondary N) is 1. The average Bonchev–Trinajstić information content (AvgIpc) is 3.38. The summed E-state index contributed by atoms with van der Waals surface area (Å²) in [5, 5.41) is 21.1. The molecule has 1 aliphatic rings. The maximum Gasteiger partial charge on any atom is 0.268 e. The number of halogens is 1. The van der Waals surface area contributed by atoms with E-state index in [1.54, 1.807) is 0 Å². The fourth-order valence-electron chi connectivity index (χ4n) is 4.34. The number of nitrogens with two attached hydrogens (primary N) is 1. The van der Waals surface area contributed by atoms with Gasteiger partial charge in [-0.25, -0.2) is 4.39 Å². The van der Waals surface area contributed by atoms with E-state index < -0.39 is 11.4 Å². The van der Waals surface area contributed by atoms with E-state index in [-0.39, 0.29) is 22.5 Å². The normalized spacial score (nSPS) is 14.7. The second-order valence-corrected chi connectivity index (χ2v) is 7.79. The number of anilines is 1. The van der Waals surface area contributed by atoms with Crippen LogP contribution >= 0.6 is 0 Å². The maximum absolute atomic E-state index is 14.8. The zero-order chi connectivity index (χ0) is 22.4. The third-order valence-electron chi connectivity index (χ3n) is 5.93. The SMILES string of the molecule is Cn1nc(-c2cn(-c3c(F)cccc3C#N)c(=O)c3c(N)n[nH]c23)cc1C1CCOCC1. The lowest BCUT2D eigenvalue weighted by Crippen LogP contribution is -2.21. The molecule has 1 fully saturated rings. The van der Waals surface area contributed by atoms with Crippen LogP contribution in [-0.2, 0) is 11.8 Å². The Morgan fingerprint density at radius 2 is 2.12 bits per heavy atom. The molecule has 0 saturated carbocycles. The highest BCUT2D eigenvalue weighted by Gasteiger charge is 2.24. The van der Waals surface area contributed by atoms with Crippen molar-refractivity contribution < 1.29 is 9.13 Å². The van der Waals surface area contributed by atoms with Crippen molar-refractivity contribution in [2.24, 2.45) is 7.05 Å². The zero-order valence-corrected chi connectivity index (χ0v) is 17.3. The van der Waals surface area contributed by atoms with Crippen LogP contribution in [0.2, 0.25) is 0 Å². The quantitative estimate of drug-likeness (QED) is 0.511. The number of aromatic amines is 1. The van der Waals surface area contributed by atoms with Gasteiger partial charge in [-0.2, -0.15) is 15.5 Å². The summed E-state index contributed by atoms with van der Waals surface area (Å²) in [6.45, 7) is 1.39. The van der Waals surface area contributed by atoms with E-state index in [4.69, 9.17) is 10.5 Å². The number of nitrogen functional groups attached to an aromatic ring is 1. The average molecular weight is 433 g/mol. The molecule has 3 aromatic heterocycles. The fourth-order valence-corrected chi connectivity index (χ4v) is 4.34. The molecule has 0 aliphatic carbocycles. The minimum atomic E-state index is -0.692. The number of nitrogens with zero attached hydrogens (tertiary/aromatic N) is 5. The van der Waals surface area contributed by atoms with Gasteiger partial charge in [0.25, 0.3) is 5.56 Å². The molecule has 32 heavy (non-hydrogen) atoms. The summed E-state index contributed by atoms with van der Waals surface area (Å²) in [4.78, 5) is 13.2. The van der Waals surface area contributed by atoms with Gasteiger partial charge in [0, 0.05) is 43.6 Å². The number of fused-ring (bicyclic) bond motifs is 1. The molecule has 3 N–H and O–H groups in total. The number of aromatic nitrogens is 5. The number of H-pyrrole nitrogens is 1. The van der Waals surface area contributed by atoms with E-state index in [0.29, 0.717) is 35.9 Å². The topological polar surface area (TPSA) is 128 Å². The molecule has 5 rings (SSSR count). The second kappa shape index (κ2) is 7.62. The molecule has 0 radical (unpaired) electrons. The van der Waals surface area contributed by atoms with Crippen molar-refractivity contribution in [3.05, 3.63) is 57.9 Å². The molecule has 1 aromatic carbocycles. The molecule has 10 heteroatoms. The van der Waals surface area contributed by atoms with E-state index in [0.717, 1.165) is 23.1 Å². The van der Waals surface area contributed by atoms with Gasteiger partial charge in [-0.05, 0) is 31.0 Å². The Morgan fingerprint density at radius 3 is 2.88 bits per heavy atom. The number of aryl methyl sites for hydroxylation is 1. The van der Waals surface area contributed by atoms with Crippen molar-refractivity contribution >= 4 is 16.7 Å². The first-order chi connectivity index (χ1) is 15.5. The number of hydrogen-bond donors (Lipinski definition) is 2. The van der Waals surface area contributed by atoms with E-state index >= 15 is 0 Å². The van der Waals surface area contributed by atoms with Crippen LogP contribution in [0.1, 0.15) is 30.0 Å². The molecule has 0 spiro atoms. The first-order valence-corrected chi connectivity index (χ1v) is 10.2. The molecule has 1 saturated heterocycles. The van der Waals surface area contributed by atoms with Crippen LogP contribution in [-0.4, -0.2) is 37.8 Å². The van der Waals surface area contributed by atoms with Gasteiger partial charge < -0.3 is 10.5 Å². The third kappa shape index (κ3) is 3.06. The number of hydrogen-bond acceptors (Lipinski definition) is 6. The molecule has 4 aromatic rings. The molecule has 0 amide bonds. The zero-order valence-electron chi connectivity index (χ0n) is 17.3. The van der Waals surface area contributed by atoms with Gasteiger partial charge in [-0.3, -0.25) is 19.1 Å². The van der Waals surface area contributed by atoms with Crippen LogP contribution in [0.4, 0.5) is 10.2 Å². The largest absolute Gasteiger partial charge is 0.382 e. The molecule has 4 heterocycles. The van der Waals surface area contributed by atoms with Crippen molar-refractivity contribution in [1.29, 1.82) is 5.26 Å². The van der Waals surface area contributed by atoms with E-state index in [2.05, 4.69) is 15.3 Å². The molecule has 0 atom stereocenters. The molecular weight excluding hydrogens is 413 g/mol. The van der Waals surface area contributed by atoms with Crippen molar-refractivity contribution in [3.8, 4) is 23.0 Å². The Hall–Kier alpha value is -3.97. The van der Waals surface area contributed by atoms with Crippen LogP contribution in [0.5, 0.6) is 0 Å². The highest BCUT2D eigenvalue weighted by Crippen LogP contribution is 2.33. The van der Waals surface area contributed by atoms with E-state index in [1.807, 2.05) is 23.9 Å². The fraction of sp³-hybridized carbons (Fsp3) is 0.273. The number of nitriles is 1. The van der Waals surface area contributed by atoms with Gasteiger partial charge in [0.15, 0.2) is 5.82 Å². The molecular formula is C22H20FN7O2. The Labute approximate surface area is 181 Å². The first-order valence-electron chi connectivity index (χ1n) is 10.2. The predicted molar refractivity (Wildman–Crippen MR) is 116 cm³/mol. The molecule has 1 aliphatic heterocycles. The Morgan fingerprint density at radius 1 is 1.34 bits per heavy atom. The summed E-state index contributed by atoms with van der Waals surface area (Å²) < 4.78 is 23.2. The van der Waals surface area contributed by atoms with Crippen LogP contribution in [0.3, 0.4) is 0 Å². The number of pyridine rings is 1. The summed E-state index contributed by atoms with van der Waals surface area (Å²) in [6, 6.07) is 7.99. The van der Waals surface area contributed by atoms with Crippen molar-refractivity contribution in [3.63, 3.8) is 0 Å². The molecule has 9 nitrogen and oxygen atoms in total. The first kappa shape index (κ1) is 20.0. The number of para-hydroxylation sites is 1. The lowest BCUT2D eigenvalue weighted by atomic mass is 9.96. The van der Waals surface area contributed by atoms with E-state index in [9.17, 15) is 14.4 Å². The second-order valence-electron chi connectivity index (χ2n) is 7.79.